The molecule has 2 aliphatic rings. The van der Waals surface area contributed by atoms with Crippen LogP contribution in [-0.4, -0.2) is 86.8 Å². The average Bonchev–Trinajstić information content (AvgIpc) is 3.23. The second-order valence-electron chi connectivity index (χ2n) is 9.64. The molecule has 0 radical (unpaired) electrons. The first-order valence-corrected chi connectivity index (χ1v) is 13.5. The molecule has 0 aromatic heterocycles. The molecular formula is C30H38N2O7. The van der Waals surface area contributed by atoms with E-state index in [1.807, 2.05) is 6.07 Å². The van der Waals surface area contributed by atoms with Crippen molar-refractivity contribution in [3.63, 3.8) is 0 Å². The minimum Gasteiger partial charge on any atom is -0.507 e. The number of rotatable bonds is 12. The summed E-state index contributed by atoms with van der Waals surface area (Å²) in [5.41, 5.74) is 1.13. The summed E-state index contributed by atoms with van der Waals surface area (Å²) in [6.45, 7) is 6.41. The van der Waals surface area contributed by atoms with Crippen LogP contribution in [0.3, 0.4) is 0 Å². The Bertz CT molecular complexity index is 1170. The zero-order valence-corrected chi connectivity index (χ0v) is 23.0. The highest BCUT2D eigenvalue weighted by atomic mass is 16.5. The molecule has 0 aliphatic carbocycles. The summed E-state index contributed by atoms with van der Waals surface area (Å²) in [5.74, 6) is 0.142. The van der Waals surface area contributed by atoms with Crippen molar-refractivity contribution in [2.75, 3.05) is 60.2 Å². The zero-order chi connectivity index (χ0) is 27.8. The summed E-state index contributed by atoms with van der Waals surface area (Å²) in [6, 6.07) is 11.4. The van der Waals surface area contributed by atoms with E-state index in [4.69, 9.17) is 18.9 Å². The molecule has 2 aliphatic heterocycles. The van der Waals surface area contributed by atoms with Crippen molar-refractivity contribution in [2.24, 2.45) is 0 Å². The summed E-state index contributed by atoms with van der Waals surface area (Å²) < 4.78 is 22.2. The number of nitrogens with zero attached hydrogens (tertiary/aromatic N) is 2. The lowest BCUT2D eigenvalue weighted by molar-refractivity contribution is -0.140. The van der Waals surface area contributed by atoms with E-state index < -0.39 is 17.7 Å². The molecule has 1 atom stereocenters. The van der Waals surface area contributed by atoms with Crippen molar-refractivity contribution in [1.82, 2.24) is 9.80 Å². The molecule has 2 saturated heterocycles. The van der Waals surface area contributed by atoms with Gasteiger partial charge in [0.2, 0.25) is 0 Å². The lowest BCUT2D eigenvalue weighted by atomic mass is 9.95. The third-order valence-corrected chi connectivity index (χ3v) is 7.17. The van der Waals surface area contributed by atoms with Crippen LogP contribution >= 0.6 is 0 Å². The van der Waals surface area contributed by atoms with Gasteiger partial charge in [-0.3, -0.25) is 14.5 Å². The molecule has 1 amide bonds. The molecule has 0 spiro atoms. The molecule has 9 heteroatoms. The summed E-state index contributed by atoms with van der Waals surface area (Å²) in [6.07, 6.45) is 3.10. The van der Waals surface area contributed by atoms with Crippen molar-refractivity contribution in [1.29, 1.82) is 0 Å². The predicted octanol–water partition coefficient (Wildman–Crippen LogP) is 4.03. The largest absolute Gasteiger partial charge is 0.507 e. The summed E-state index contributed by atoms with van der Waals surface area (Å²) in [5, 5.41) is 11.3. The Balaban J connectivity index is 1.71. The fraction of sp³-hybridized carbons (Fsp3) is 0.467. The fourth-order valence-corrected chi connectivity index (χ4v) is 4.94. The molecule has 210 valence electrons. The van der Waals surface area contributed by atoms with Crippen LogP contribution < -0.4 is 14.2 Å². The number of aliphatic hydroxyl groups is 1. The van der Waals surface area contributed by atoms with Gasteiger partial charge in [-0.2, -0.15) is 0 Å². The van der Waals surface area contributed by atoms with Gasteiger partial charge in [0.25, 0.3) is 11.7 Å². The van der Waals surface area contributed by atoms with E-state index in [2.05, 4.69) is 11.8 Å². The number of Topliss-reactive ketones (excluding diaryl/α,β-unsaturated/α-hetero) is 1. The number of hydrogen-bond donors (Lipinski definition) is 1. The highest BCUT2D eigenvalue weighted by Crippen LogP contribution is 2.42. The van der Waals surface area contributed by atoms with E-state index in [9.17, 15) is 14.7 Å². The minimum atomic E-state index is -0.781. The van der Waals surface area contributed by atoms with Gasteiger partial charge in [-0.15, -0.1) is 0 Å². The smallest absolute Gasteiger partial charge is 0.295 e. The number of ether oxygens (including phenoxy) is 4. The van der Waals surface area contributed by atoms with Gasteiger partial charge in [-0.1, -0.05) is 25.8 Å². The van der Waals surface area contributed by atoms with Crippen molar-refractivity contribution in [3.05, 3.63) is 59.2 Å². The van der Waals surface area contributed by atoms with E-state index in [0.717, 1.165) is 32.4 Å². The van der Waals surface area contributed by atoms with Gasteiger partial charge in [0, 0.05) is 31.7 Å². The highest BCUT2D eigenvalue weighted by Gasteiger charge is 2.46. The average molecular weight is 539 g/mol. The molecule has 2 aromatic rings. The Labute approximate surface area is 229 Å². The number of amides is 1. The molecule has 4 rings (SSSR count). The molecule has 1 unspecified atom stereocenters. The van der Waals surface area contributed by atoms with E-state index in [1.54, 1.807) is 55.5 Å². The van der Waals surface area contributed by atoms with Crippen molar-refractivity contribution >= 4 is 17.4 Å². The quantitative estimate of drug-likeness (QED) is 0.187. The molecule has 1 N–H and O–H groups in total. The summed E-state index contributed by atoms with van der Waals surface area (Å²) in [7, 11) is 3.12. The standard InChI is InChI=1S/C30H38N2O7/c1-4-5-6-17-39-24-12-9-22(20-25(24)37-3)27-26(28(33)21-7-10-23(36-2)11-8-21)29(34)30(35)32(27)14-13-31-15-18-38-19-16-31/h7-12,20,27,33H,4-6,13-19H2,1-3H3. The number of ketones is 1. The third kappa shape index (κ3) is 6.54. The molecular weight excluding hydrogens is 500 g/mol. The number of benzene rings is 2. The molecule has 9 nitrogen and oxygen atoms in total. The SMILES string of the molecule is CCCCCOc1ccc(C2C(=C(O)c3ccc(OC)cc3)C(=O)C(=O)N2CCN2CCOCC2)cc1OC. The number of carbonyl (C=O) groups excluding carboxylic acids is 2. The summed E-state index contributed by atoms with van der Waals surface area (Å²) in [4.78, 5) is 30.5. The lowest BCUT2D eigenvalue weighted by Gasteiger charge is -2.31. The van der Waals surface area contributed by atoms with Crippen LogP contribution in [0.5, 0.6) is 17.2 Å². The molecule has 0 saturated carbocycles. The first-order chi connectivity index (χ1) is 19.0. The normalized spacial score (nSPS) is 19.4. The first kappa shape index (κ1) is 28.4. The van der Waals surface area contributed by atoms with Gasteiger partial charge < -0.3 is 29.0 Å². The molecule has 0 bridgehead atoms. The number of hydrogen-bond acceptors (Lipinski definition) is 8. The van der Waals surface area contributed by atoms with E-state index in [1.165, 1.54) is 0 Å². The minimum absolute atomic E-state index is 0.0470. The molecule has 2 fully saturated rings. The Morgan fingerprint density at radius 3 is 2.38 bits per heavy atom. The zero-order valence-electron chi connectivity index (χ0n) is 23.0. The predicted molar refractivity (Wildman–Crippen MR) is 147 cm³/mol. The van der Waals surface area contributed by atoms with Crippen LogP contribution in [0.1, 0.15) is 43.4 Å². The van der Waals surface area contributed by atoms with Crippen LogP contribution in [0, 0.1) is 0 Å². The van der Waals surface area contributed by atoms with Gasteiger partial charge in [0.1, 0.15) is 11.5 Å². The maximum absolute atomic E-state index is 13.4. The van der Waals surface area contributed by atoms with Gasteiger partial charge in [-0.25, -0.2) is 0 Å². The van der Waals surface area contributed by atoms with Crippen molar-refractivity contribution in [2.45, 2.75) is 32.2 Å². The van der Waals surface area contributed by atoms with Gasteiger partial charge >= 0.3 is 0 Å². The molecule has 2 aromatic carbocycles. The molecule has 39 heavy (non-hydrogen) atoms. The lowest BCUT2D eigenvalue weighted by Crippen LogP contribution is -2.42. The van der Waals surface area contributed by atoms with Gasteiger partial charge in [0.05, 0.1) is 45.7 Å². The number of carbonyl (C=O) groups is 2. The van der Waals surface area contributed by atoms with E-state index in [0.29, 0.717) is 61.3 Å². The van der Waals surface area contributed by atoms with Crippen molar-refractivity contribution in [3.8, 4) is 17.2 Å². The van der Waals surface area contributed by atoms with Gasteiger partial charge in [-0.05, 0) is 48.4 Å². The second-order valence-corrected chi connectivity index (χ2v) is 9.64. The maximum Gasteiger partial charge on any atom is 0.295 e. The Kier molecular flexibility index (Phi) is 9.84. The third-order valence-electron chi connectivity index (χ3n) is 7.17. The summed E-state index contributed by atoms with van der Waals surface area (Å²) >= 11 is 0. The Morgan fingerprint density at radius 2 is 1.72 bits per heavy atom. The Morgan fingerprint density at radius 1 is 0.974 bits per heavy atom. The van der Waals surface area contributed by atoms with E-state index >= 15 is 0 Å². The molecule has 2 heterocycles. The number of methoxy groups -OCH3 is 2. The Hall–Kier alpha value is -3.56. The van der Waals surface area contributed by atoms with Gasteiger partial charge in [0.15, 0.2) is 11.5 Å². The number of unbranched alkanes of at least 4 members (excludes halogenated alkanes) is 2. The van der Waals surface area contributed by atoms with E-state index in [-0.39, 0.29) is 11.3 Å². The number of aliphatic hydroxyl groups excluding tert-OH is 1. The number of morpholine rings is 1. The monoisotopic (exact) mass is 538 g/mol. The van der Waals surface area contributed by atoms with Crippen LogP contribution in [0.4, 0.5) is 0 Å². The first-order valence-electron chi connectivity index (χ1n) is 13.5. The second kappa shape index (κ2) is 13.5. The number of likely N-dealkylation sites (tertiary alicyclic amines) is 1. The topological polar surface area (TPSA) is 97.8 Å². The van der Waals surface area contributed by atoms with Crippen LogP contribution in [0.25, 0.3) is 5.76 Å². The fourth-order valence-electron chi connectivity index (χ4n) is 4.94. The van der Waals surface area contributed by atoms with Crippen molar-refractivity contribution < 1.29 is 33.6 Å². The van der Waals surface area contributed by atoms with Crippen LogP contribution in [-0.2, 0) is 14.3 Å². The van der Waals surface area contributed by atoms with Crippen LogP contribution in [0.15, 0.2) is 48.0 Å². The highest BCUT2D eigenvalue weighted by molar-refractivity contribution is 6.46. The maximum atomic E-state index is 13.4. The van der Waals surface area contributed by atoms with Crippen LogP contribution in [0.2, 0.25) is 0 Å².